The zero-order chi connectivity index (χ0) is 11.4. The first-order chi connectivity index (χ1) is 7.79. The maximum atomic E-state index is 4.48. The molecule has 0 saturated carbocycles. The second kappa shape index (κ2) is 4.88. The first-order valence-electron chi connectivity index (χ1n) is 5.69. The third-order valence-electron chi connectivity index (χ3n) is 2.47. The Kier molecular flexibility index (Phi) is 3.30. The molecule has 16 heavy (non-hydrogen) atoms. The number of nitrogens with zero attached hydrogens (tertiary/aromatic N) is 2. The SMILES string of the molecule is CCCc1cc(-c2ccccc2)nc(C)n1. The van der Waals surface area contributed by atoms with E-state index >= 15 is 0 Å². The molecule has 82 valence electrons. The third kappa shape index (κ3) is 2.45. The highest BCUT2D eigenvalue weighted by molar-refractivity contribution is 5.59. The minimum atomic E-state index is 0.852. The molecule has 1 aromatic carbocycles. The number of aryl methyl sites for hydroxylation is 2. The fourth-order valence-electron chi connectivity index (χ4n) is 1.77. The van der Waals surface area contributed by atoms with E-state index in [0.717, 1.165) is 35.6 Å². The van der Waals surface area contributed by atoms with Gasteiger partial charge in [0.1, 0.15) is 5.82 Å². The summed E-state index contributed by atoms with van der Waals surface area (Å²) in [5.41, 5.74) is 3.32. The van der Waals surface area contributed by atoms with E-state index in [0.29, 0.717) is 0 Å². The summed E-state index contributed by atoms with van der Waals surface area (Å²) in [7, 11) is 0. The van der Waals surface area contributed by atoms with Crippen LogP contribution in [0.4, 0.5) is 0 Å². The Balaban J connectivity index is 2.41. The molecule has 0 spiro atoms. The quantitative estimate of drug-likeness (QED) is 0.779. The molecule has 1 aromatic heterocycles. The van der Waals surface area contributed by atoms with Crippen LogP contribution in [0.1, 0.15) is 24.9 Å². The monoisotopic (exact) mass is 212 g/mol. The lowest BCUT2D eigenvalue weighted by molar-refractivity contribution is 0.858. The van der Waals surface area contributed by atoms with Crippen LogP contribution in [0.2, 0.25) is 0 Å². The second-order valence-electron chi connectivity index (χ2n) is 3.91. The zero-order valence-corrected chi connectivity index (χ0v) is 9.77. The van der Waals surface area contributed by atoms with Crippen LogP contribution in [0.5, 0.6) is 0 Å². The van der Waals surface area contributed by atoms with E-state index in [1.165, 1.54) is 0 Å². The fraction of sp³-hybridized carbons (Fsp3) is 0.286. The van der Waals surface area contributed by atoms with Crippen LogP contribution in [0.15, 0.2) is 36.4 Å². The summed E-state index contributed by atoms with van der Waals surface area (Å²) >= 11 is 0. The third-order valence-corrected chi connectivity index (χ3v) is 2.47. The average Bonchev–Trinajstić information content (AvgIpc) is 2.30. The molecule has 2 heteroatoms. The molecule has 0 atom stereocenters. The van der Waals surface area contributed by atoms with E-state index in [-0.39, 0.29) is 0 Å². The molecule has 0 aliphatic heterocycles. The molecular formula is C14H16N2. The smallest absolute Gasteiger partial charge is 0.126 e. The van der Waals surface area contributed by atoms with Crippen molar-refractivity contribution in [1.29, 1.82) is 0 Å². The standard InChI is InChI=1S/C14H16N2/c1-3-7-13-10-14(16-11(2)15-13)12-8-5-4-6-9-12/h4-6,8-10H,3,7H2,1-2H3. The van der Waals surface area contributed by atoms with Gasteiger partial charge in [-0.15, -0.1) is 0 Å². The highest BCUT2D eigenvalue weighted by Crippen LogP contribution is 2.17. The normalized spacial score (nSPS) is 10.4. The predicted molar refractivity (Wildman–Crippen MR) is 66.2 cm³/mol. The van der Waals surface area contributed by atoms with Gasteiger partial charge < -0.3 is 0 Å². The van der Waals surface area contributed by atoms with Crippen molar-refractivity contribution in [1.82, 2.24) is 9.97 Å². The zero-order valence-electron chi connectivity index (χ0n) is 9.77. The summed E-state index contributed by atoms with van der Waals surface area (Å²) in [5.74, 6) is 0.852. The first kappa shape index (κ1) is 10.8. The van der Waals surface area contributed by atoms with Gasteiger partial charge in [0.15, 0.2) is 0 Å². The van der Waals surface area contributed by atoms with E-state index in [1.54, 1.807) is 0 Å². The highest BCUT2D eigenvalue weighted by Gasteiger charge is 2.03. The molecule has 0 bridgehead atoms. The Morgan fingerprint density at radius 1 is 1.06 bits per heavy atom. The van der Waals surface area contributed by atoms with Gasteiger partial charge in [-0.25, -0.2) is 9.97 Å². The van der Waals surface area contributed by atoms with Gasteiger partial charge in [0, 0.05) is 11.3 Å². The lowest BCUT2D eigenvalue weighted by atomic mass is 10.1. The number of aromatic nitrogens is 2. The molecule has 0 N–H and O–H groups in total. The van der Waals surface area contributed by atoms with E-state index in [1.807, 2.05) is 25.1 Å². The molecule has 2 aromatic rings. The van der Waals surface area contributed by atoms with Gasteiger partial charge in [-0.1, -0.05) is 43.7 Å². The number of hydrogen-bond donors (Lipinski definition) is 0. The molecule has 0 fully saturated rings. The van der Waals surface area contributed by atoms with Crippen LogP contribution < -0.4 is 0 Å². The molecule has 2 rings (SSSR count). The van der Waals surface area contributed by atoms with Crippen LogP contribution in [0, 0.1) is 6.92 Å². The van der Waals surface area contributed by atoms with Crippen molar-refractivity contribution < 1.29 is 0 Å². The number of hydrogen-bond acceptors (Lipinski definition) is 2. The van der Waals surface area contributed by atoms with Gasteiger partial charge in [0.2, 0.25) is 0 Å². The summed E-state index contributed by atoms with van der Waals surface area (Å²) < 4.78 is 0. The predicted octanol–water partition coefficient (Wildman–Crippen LogP) is 3.40. The number of benzene rings is 1. The molecule has 0 amide bonds. The van der Waals surface area contributed by atoms with Gasteiger partial charge in [-0.05, 0) is 19.4 Å². The summed E-state index contributed by atoms with van der Waals surface area (Å²) in [5, 5.41) is 0. The van der Waals surface area contributed by atoms with E-state index < -0.39 is 0 Å². The molecule has 0 aliphatic rings. The van der Waals surface area contributed by atoms with Crippen LogP contribution in [0.3, 0.4) is 0 Å². The van der Waals surface area contributed by atoms with Crippen LogP contribution in [0.25, 0.3) is 11.3 Å². The minimum absolute atomic E-state index is 0.852. The topological polar surface area (TPSA) is 25.8 Å². The van der Waals surface area contributed by atoms with E-state index in [9.17, 15) is 0 Å². The Labute approximate surface area is 96.4 Å². The van der Waals surface area contributed by atoms with Crippen LogP contribution in [-0.4, -0.2) is 9.97 Å². The Bertz CT molecular complexity index is 463. The van der Waals surface area contributed by atoms with Crippen molar-refractivity contribution in [3.8, 4) is 11.3 Å². The summed E-state index contributed by atoms with van der Waals surface area (Å²) in [6.45, 7) is 4.12. The Morgan fingerprint density at radius 2 is 1.81 bits per heavy atom. The van der Waals surface area contributed by atoms with E-state index in [4.69, 9.17) is 0 Å². The highest BCUT2D eigenvalue weighted by atomic mass is 14.9. The lowest BCUT2D eigenvalue weighted by Crippen LogP contribution is -1.97. The van der Waals surface area contributed by atoms with Gasteiger partial charge in [-0.2, -0.15) is 0 Å². The number of rotatable bonds is 3. The molecule has 2 nitrogen and oxygen atoms in total. The Morgan fingerprint density at radius 3 is 2.50 bits per heavy atom. The van der Waals surface area contributed by atoms with Crippen molar-refractivity contribution >= 4 is 0 Å². The summed E-state index contributed by atoms with van der Waals surface area (Å²) in [6, 6.07) is 12.3. The van der Waals surface area contributed by atoms with Crippen molar-refractivity contribution in [3.05, 3.63) is 47.9 Å². The second-order valence-corrected chi connectivity index (χ2v) is 3.91. The molecule has 1 heterocycles. The van der Waals surface area contributed by atoms with Gasteiger partial charge in [-0.3, -0.25) is 0 Å². The molecular weight excluding hydrogens is 196 g/mol. The Hall–Kier alpha value is -1.70. The largest absolute Gasteiger partial charge is 0.238 e. The molecule has 0 radical (unpaired) electrons. The van der Waals surface area contributed by atoms with Crippen LogP contribution in [-0.2, 0) is 6.42 Å². The van der Waals surface area contributed by atoms with Gasteiger partial charge in [0.05, 0.1) is 5.69 Å². The summed E-state index contributed by atoms with van der Waals surface area (Å²) in [4.78, 5) is 8.91. The van der Waals surface area contributed by atoms with E-state index in [2.05, 4.69) is 35.1 Å². The van der Waals surface area contributed by atoms with Crippen molar-refractivity contribution in [2.75, 3.05) is 0 Å². The van der Waals surface area contributed by atoms with Crippen molar-refractivity contribution in [3.63, 3.8) is 0 Å². The fourth-order valence-corrected chi connectivity index (χ4v) is 1.77. The van der Waals surface area contributed by atoms with Crippen LogP contribution >= 0.6 is 0 Å². The maximum Gasteiger partial charge on any atom is 0.126 e. The molecule has 0 aliphatic carbocycles. The molecule has 0 unspecified atom stereocenters. The van der Waals surface area contributed by atoms with Crippen molar-refractivity contribution in [2.24, 2.45) is 0 Å². The minimum Gasteiger partial charge on any atom is -0.238 e. The van der Waals surface area contributed by atoms with Gasteiger partial charge in [0.25, 0.3) is 0 Å². The van der Waals surface area contributed by atoms with Gasteiger partial charge >= 0.3 is 0 Å². The first-order valence-corrected chi connectivity index (χ1v) is 5.69. The lowest BCUT2D eigenvalue weighted by Gasteiger charge is -2.05. The molecule has 0 saturated heterocycles. The maximum absolute atomic E-state index is 4.48. The summed E-state index contributed by atoms with van der Waals surface area (Å²) in [6.07, 6.45) is 2.13. The average molecular weight is 212 g/mol. The van der Waals surface area contributed by atoms with Crippen molar-refractivity contribution in [2.45, 2.75) is 26.7 Å².